The molecule has 0 radical (unpaired) electrons. The normalized spacial score (nSPS) is 11.4. The van der Waals surface area contributed by atoms with Gasteiger partial charge in [0.1, 0.15) is 12.3 Å². The molecule has 0 aliphatic rings. The highest BCUT2D eigenvalue weighted by Gasteiger charge is 2.30. The number of rotatable bonds is 5. The Labute approximate surface area is 160 Å². The molecule has 2 aromatic carbocycles. The molecule has 0 aliphatic carbocycles. The van der Waals surface area contributed by atoms with E-state index in [4.69, 9.17) is 4.74 Å². The number of alkyl halides is 3. The average molecular weight is 441 g/mol. The number of carbonyl (C=O) groups excluding carboxylic acids is 1. The smallest absolute Gasteiger partial charge is 0.416 e. The molecule has 0 fully saturated rings. The second-order valence-electron chi connectivity index (χ2n) is 5.49. The van der Waals surface area contributed by atoms with Crippen molar-refractivity contribution in [2.75, 3.05) is 7.11 Å². The van der Waals surface area contributed by atoms with Crippen LogP contribution in [-0.4, -0.2) is 33.1 Å². The molecular weight excluding hydrogens is 429 g/mol. The maximum Gasteiger partial charge on any atom is 0.416 e. The van der Waals surface area contributed by atoms with Crippen molar-refractivity contribution < 1.29 is 22.7 Å². The Hall–Kier alpha value is -2.75. The van der Waals surface area contributed by atoms with Gasteiger partial charge in [-0.1, -0.05) is 12.1 Å². The van der Waals surface area contributed by atoms with Crippen LogP contribution in [0.2, 0.25) is 0 Å². The third kappa shape index (κ3) is 4.33. The summed E-state index contributed by atoms with van der Waals surface area (Å²) in [6, 6.07) is 9.43. The zero-order valence-corrected chi connectivity index (χ0v) is 15.5. The van der Waals surface area contributed by atoms with Crippen molar-refractivity contribution in [3.8, 4) is 17.1 Å². The molecule has 140 valence electrons. The lowest BCUT2D eigenvalue weighted by atomic mass is 10.1. The molecule has 0 aliphatic heterocycles. The standard InChI is InChI=1S/C17H12BrF3N4O2/c1-27-15-6-5-10(8-13(15)18)14(26)9-25-23-16(22-24-25)11-3-2-4-12(7-11)17(19,20)21/h2-8H,9H2,1H3. The van der Waals surface area contributed by atoms with Gasteiger partial charge in [-0.3, -0.25) is 4.79 Å². The van der Waals surface area contributed by atoms with Crippen LogP contribution in [-0.2, 0) is 12.7 Å². The molecule has 0 bridgehead atoms. The lowest BCUT2D eigenvalue weighted by Crippen LogP contribution is -2.13. The number of ketones is 1. The highest BCUT2D eigenvalue weighted by atomic mass is 79.9. The summed E-state index contributed by atoms with van der Waals surface area (Å²) in [7, 11) is 1.51. The Balaban J connectivity index is 1.78. The summed E-state index contributed by atoms with van der Waals surface area (Å²) in [5.74, 6) is 0.299. The van der Waals surface area contributed by atoms with Gasteiger partial charge in [0, 0.05) is 11.1 Å². The molecule has 27 heavy (non-hydrogen) atoms. The van der Waals surface area contributed by atoms with Gasteiger partial charge >= 0.3 is 6.18 Å². The minimum absolute atomic E-state index is 0.00446. The van der Waals surface area contributed by atoms with Crippen molar-refractivity contribution in [3.05, 3.63) is 58.1 Å². The van der Waals surface area contributed by atoms with Crippen molar-refractivity contribution in [1.29, 1.82) is 0 Å². The number of Topliss-reactive ketones (excluding diaryl/α,β-unsaturated/α-hetero) is 1. The SMILES string of the molecule is COc1ccc(C(=O)Cn2nnc(-c3cccc(C(F)(F)F)c3)n2)cc1Br. The molecule has 0 unspecified atom stereocenters. The largest absolute Gasteiger partial charge is 0.496 e. The lowest BCUT2D eigenvalue weighted by molar-refractivity contribution is -0.137. The van der Waals surface area contributed by atoms with Gasteiger partial charge in [0.15, 0.2) is 5.78 Å². The number of benzene rings is 2. The minimum Gasteiger partial charge on any atom is -0.496 e. The van der Waals surface area contributed by atoms with Crippen LogP contribution >= 0.6 is 15.9 Å². The van der Waals surface area contributed by atoms with Gasteiger partial charge in [-0.2, -0.15) is 18.0 Å². The first-order chi connectivity index (χ1) is 12.8. The van der Waals surface area contributed by atoms with Crippen LogP contribution in [0.1, 0.15) is 15.9 Å². The molecule has 0 N–H and O–H groups in total. The minimum atomic E-state index is -4.47. The molecule has 0 atom stereocenters. The molecule has 6 nitrogen and oxygen atoms in total. The monoisotopic (exact) mass is 440 g/mol. The highest BCUT2D eigenvalue weighted by molar-refractivity contribution is 9.10. The Morgan fingerprint density at radius 1 is 1.22 bits per heavy atom. The van der Waals surface area contributed by atoms with Crippen molar-refractivity contribution in [3.63, 3.8) is 0 Å². The fraction of sp³-hybridized carbons (Fsp3) is 0.176. The molecule has 1 aromatic heterocycles. The van der Waals surface area contributed by atoms with E-state index in [0.29, 0.717) is 15.8 Å². The van der Waals surface area contributed by atoms with Crippen molar-refractivity contribution in [2.24, 2.45) is 0 Å². The number of hydrogen-bond donors (Lipinski definition) is 0. The first kappa shape index (κ1) is 19.0. The molecule has 3 aromatic rings. The summed E-state index contributed by atoms with van der Waals surface area (Å²) >= 11 is 3.30. The molecule has 0 saturated carbocycles. The fourth-order valence-electron chi connectivity index (χ4n) is 2.32. The third-order valence-electron chi connectivity index (χ3n) is 3.66. The van der Waals surface area contributed by atoms with E-state index in [0.717, 1.165) is 16.9 Å². The Morgan fingerprint density at radius 2 is 2.00 bits per heavy atom. The van der Waals surface area contributed by atoms with E-state index in [1.54, 1.807) is 18.2 Å². The van der Waals surface area contributed by atoms with E-state index < -0.39 is 11.7 Å². The molecular formula is C17H12BrF3N4O2. The van der Waals surface area contributed by atoms with E-state index >= 15 is 0 Å². The van der Waals surface area contributed by atoms with Gasteiger partial charge in [-0.25, -0.2) is 0 Å². The van der Waals surface area contributed by atoms with Crippen LogP contribution in [0.15, 0.2) is 46.9 Å². The van der Waals surface area contributed by atoms with Crippen molar-refractivity contribution in [2.45, 2.75) is 12.7 Å². The predicted molar refractivity (Wildman–Crippen MR) is 93.3 cm³/mol. The number of halogens is 4. The topological polar surface area (TPSA) is 69.9 Å². The molecule has 0 spiro atoms. The fourth-order valence-corrected chi connectivity index (χ4v) is 2.86. The van der Waals surface area contributed by atoms with Crippen molar-refractivity contribution in [1.82, 2.24) is 20.2 Å². The maximum atomic E-state index is 12.8. The van der Waals surface area contributed by atoms with Crippen LogP contribution in [0, 0.1) is 0 Å². The first-order valence-electron chi connectivity index (χ1n) is 7.60. The first-order valence-corrected chi connectivity index (χ1v) is 8.39. The van der Waals surface area contributed by atoms with Gasteiger partial charge in [-0.15, -0.1) is 10.2 Å². The summed E-state index contributed by atoms with van der Waals surface area (Å²) in [6.45, 7) is -0.204. The summed E-state index contributed by atoms with van der Waals surface area (Å²) in [5, 5.41) is 11.5. The molecule has 1 heterocycles. The maximum absolute atomic E-state index is 12.8. The molecule has 10 heteroatoms. The highest BCUT2D eigenvalue weighted by Crippen LogP contribution is 2.31. The number of tetrazole rings is 1. The van der Waals surface area contributed by atoms with E-state index in [9.17, 15) is 18.0 Å². The predicted octanol–water partition coefficient (Wildman–Crippen LogP) is 4.01. The van der Waals surface area contributed by atoms with E-state index in [1.165, 1.54) is 19.2 Å². The zero-order valence-electron chi connectivity index (χ0n) is 13.9. The second-order valence-corrected chi connectivity index (χ2v) is 6.35. The molecule has 3 rings (SSSR count). The van der Waals surface area contributed by atoms with Crippen LogP contribution in [0.4, 0.5) is 13.2 Å². The quantitative estimate of drug-likeness (QED) is 0.560. The lowest BCUT2D eigenvalue weighted by Gasteiger charge is -2.06. The van der Waals surface area contributed by atoms with E-state index in [1.807, 2.05) is 0 Å². The number of carbonyl (C=O) groups is 1. The van der Waals surface area contributed by atoms with Gasteiger partial charge < -0.3 is 4.74 Å². The zero-order chi connectivity index (χ0) is 19.6. The third-order valence-corrected chi connectivity index (χ3v) is 4.28. The Bertz CT molecular complexity index is 988. The van der Waals surface area contributed by atoms with Crippen LogP contribution in [0.3, 0.4) is 0 Å². The number of methoxy groups -OCH3 is 1. The Kier molecular flexibility index (Phi) is 5.26. The van der Waals surface area contributed by atoms with Gasteiger partial charge in [-0.05, 0) is 51.5 Å². The number of nitrogens with zero attached hydrogens (tertiary/aromatic N) is 4. The van der Waals surface area contributed by atoms with E-state index in [2.05, 4.69) is 31.3 Å². The van der Waals surface area contributed by atoms with Gasteiger partial charge in [0.2, 0.25) is 5.82 Å². The summed E-state index contributed by atoms with van der Waals surface area (Å²) < 4.78 is 44.2. The second kappa shape index (κ2) is 7.47. The Morgan fingerprint density at radius 3 is 2.67 bits per heavy atom. The number of aromatic nitrogens is 4. The molecule has 0 amide bonds. The van der Waals surface area contributed by atoms with Gasteiger partial charge in [0.25, 0.3) is 0 Å². The summed E-state index contributed by atoms with van der Waals surface area (Å²) in [5.41, 5.74) is -0.244. The van der Waals surface area contributed by atoms with Gasteiger partial charge in [0.05, 0.1) is 17.1 Å². The van der Waals surface area contributed by atoms with Crippen LogP contribution < -0.4 is 4.74 Å². The van der Waals surface area contributed by atoms with Crippen LogP contribution in [0.5, 0.6) is 5.75 Å². The summed E-state index contributed by atoms with van der Waals surface area (Å²) in [6.07, 6.45) is -4.47. The molecule has 0 saturated heterocycles. The average Bonchev–Trinajstić information content (AvgIpc) is 3.09. The van der Waals surface area contributed by atoms with E-state index in [-0.39, 0.29) is 23.7 Å². The summed E-state index contributed by atoms with van der Waals surface area (Å²) in [4.78, 5) is 13.4. The van der Waals surface area contributed by atoms with Crippen molar-refractivity contribution >= 4 is 21.7 Å². The van der Waals surface area contributed by atoms with Crippen LogP contribution in [0.25, 0.3) is 11.4 Å². The number of hydrogen-bond acceptors (Lipinski definition) is 5. The number of ether oxygens (including phenoxy) is 1.